The number of aryl methyl sites for hydroxylation is 1. The summed E-state index contributed by atoms with van der Waals surface area (Å²) < 4.78 is 5.28. The number of nitrogens with zero attached hydrogens (tertiary/aromatic N) is 1. The zero-order valence-electron chi connectivity index (χ0n) is 18.7. The van der Waals surface area contributed by atoms with Crippen molar-refractivity contribution in [1.82, 2.24) is 10.2 Å². The molecule has 1 heterocycles. The van der Waals surface area contributed by atoms with Crippen molar-refractivity contribution in [2.75, 3.05) is 13.1 Å². The summed E-state index contributed by atoms with van der Waals surface area (Å²) in [6.45, 7) is 8.02. The second-order valence-corrected chi connectivity index (χ2v) is 9.34. The van der Waals surface area contributed by atoms with E-state index in [9.17, 15) is 9.59 Å². The van der Waals surface area contributed by atoms with E-state index in [2.05, 4.69) is 60.8 Å². The highest BCUT2D eigenvalue weighted by atomic mass is 16.6. The summed E-state index contributed by atoms with van der Waals surface area (Å²) in [5, 5.41) is 2.63. The predicted octanol–water partition coefficient (Wildman–Crippen LogP) is 4.80. The third-order valence-electron chi connectivity index (χ3n) is 5.85. The Morgan fingerprint density at radius 2 is 1.81 bits per heavy atom. The zero-order valence-corrected chi connectivity index (χ0v) is 18.7. The summed E-state index contributed by atoms with van der Waals surface area (Å²) in [6.07, 6.45) is 1.11. The maximum absolute atomic E-state index is 13.2. The van der Waals surface area contributed by atoms with Crippen molar-refractivity contribution in [3.8, 4) is 0 Å². The fourth-order valence-electron chi connectivity index (χ4n) is 4.52. The largest absolute Gasteiger partial charge is 0.444 e. The lowest BCUT2D eigenvalue weighted by Crippen LogP contribution is -2.45. The normalized spacial score (nSPS) is 17.8. The maximum Gasteiger partial charge on any atom is 0.408 e. The van der Waals surface area contributed by atoms with Crippen LogP contribution in [0.4, 0.5) is 4.79 Å². The van der Waals surface area contributed by atoms with E-state index in [0.29, 0.717) is 6.54 Å². The molecule has 5 nitrogen and oxygen atoms in total. The minimum Gasteiger partial charge on any atom is -0.444 e. The molecule has 1 aliphatic heterocycles. The fourth-order valence-corrected chi connectivity index (χ4v) is 4.52. The Balaban J connectivity index is 1.60. The van der Waals surface area contributed by atoms with Gasteiger partial charge in [0.2, 0.25) is 5.91 Å². The first-order valence-electron chi connectivity index (χ1n) is 10.9. The Labute approximate surface area is 184 Å². The van der Waals surface area contributed by atoms with Crippen molar-refractivity contribution in [1.29, 1.82) is 0 Å². The van der Waals surface area contributed by atoms with Gasteiger partial charge in [0.25, 0.3) is 0 Å². The Morgan fingerprint density at radius 3 is 2.52 bits per heavy atom. The molecule has 1 N–H and O–H groups in total. The number of carbonyl (C=O) groups excluding carboxylic acids is 2. The van der Waals surface area contributed by atoms with Gasteiger partial charge in [0.05, 0.1) is 6.04 Å². The summed E-state index contributed by atoms with van der Waals surface area (Å²) in [4.78, 5) is 27.2. The van der Waals surface area contributed by atoms with Crippen molar-refractivity contribution < 1.29 is 14.3 Å². The van der Waals surface area contributed by atoms with E-state index >= 15 is 0 Å². The van der Waals surface area contributed by atoms with Gasteiger partial charge in [-0.3, -0.25) is 4.79 Å². The van der Waals surface area contributed by atoms with E-state index in [1.165, 1.54) is 27.8 Å². The first kappa shape index (κ1) is 21.2. The van der Waals surface area contributed by atoms with Crippen molar-refractivity contribution >= 4 is 17.6 Å². The molecule has 0 spiro atoms. The topological polar surface area (TPSA) is 58.6 Å². The Bertz CT molecular complexity index is 1030. The molecule has 31 heavy (non-hydrogen) atoms. The summed E-state index contributed by atoms with van der Waals surface area (Å²) in [6, 6.07) is 16.8. The summed E-state index contributed by atoms with van der Waals surface area (Å²) >= 11 is 0. The molecule has 1 unspecified atom stereocenters. The molecule has 0 radical (unpaired) electrons. The molecule has 0 bridgehead atoms. The average molecular weight is 419 g/mol. The molecule has 2 aromatic rings. The molecule has 0 saturated carbocycles. The predicted molar refractivity (Wildman–Crippen MR) is 122 cm³/mol. The molecular formula is C26H30N2O3. The van der Waals surface area contributed by atoms with Crippen LogP contribution in [-0.4, -0.2) is 35.6 Å². The first-order chi connectivity index (χ1) is 14.7. The number of hydrogen-bond acceptors (Lipinski definition) is 3. The standard InChI is InChI=1S/C26H30N2O3/c1-17-9-11-18(12-10-17)24-22-15-19-7-5-6-8-20(19)21(22)13-14-28(24)23(29)16-27-25(30)31-26(2,3)4/h5-12,24H,13-16H2,1-4H3,(H,27,30). The van der Waals surface area contributed by atoms with Gasteiger partial charge in [-0.2, -0.15) is 0 Å². The number of benzene rings is 2. The van der Waals surface area contributed by atoms with Crippen molar-refractivity contribution in [3.05, 3.63) is 76.4 Å². The number of rotatable bonds is 3. The highest BCUT2D eigenvalue weighted by molar-refractivity contribution is 5.86. The van der Waals surface area contributed by atoms with Crippen LogP contribution >= 0.6 is 0 Å². The molecule has 162 valence electrons. The van der Waals surface area contributed by atoms with Crippen LogP contribution in [-0.2, 0) is 16.0 Å². The van der Waals surface area contributed by atoms with E-state index in [-0.39, 0.29) is 18.5 Å². The summed E-state index contributed by atoms with van der Waals surface area (Å²) in [7, 11) is 0. The quantitative estimate of drug-likeness (QED) is 0.779. The molecular weight excluding hydrogens is 388 g/mol. The van der Waals surface area contributed by atoms with Gasteiger partial charge < -0.3 is 15.0 Å². The third-order valence-corrected chi connectivity index (χ3v) is 5.85. The molecule has 5 heteroatoms. The Morgan fingerprint density at radius 1 is 1.10 bits per heavy atom. The summed E-state index contributed by atoms with van der Waals surface area (Å²) in [5.74, 6) is -0.0982. The van der Waals surface area contributed by atoms with E-state index in [1.807, 2.05) is 4.90 Å². The highest BCUT2D eigenvalue weighted by Crippen LogP contribution is 2.46. The molecule has 0 aromatic heterocycles. The Kier molecular flexibility index (Phi) is 5.61. The minimum atomic E-state index is -0.599. The fraction of sp³-hybridized carbons (Fsp3) is 0.385. The van der Waals surface area contributed by atoms with Gasteiger partial charge >= 0.3 is 6.09 Å². The van der Waals surface area contributed by atoms with Crippen molar-refractivity contribution in [2.24, 2.45) is 0 Å². The van der Waals surface area contributed by atoms with Gasteiger partial charge in [-0.1, -0.05) is 54.1 Å². The van der Waals surface area contributed by atoms with E-state index in [1.54, 1.807) is 20.8 Å². The van der Waals surface area contributed by atoms with Crippen LogP contribution in [0, 0.1) is 6.92 Å². The molecule has 2 aliphatic rings. The number of ether oxygens (including phenoxy) is 1. The third kappa shape index (κ3) is 4.50. The molecule has 2 amide bonds. The van der Waals surface area contributed by atoms with Gasteiger partial charge in [-0.15, -0.1) is 0 Å². The van der Waals surface area contributed by atoms with Crippen molar-refractivity contribution in [2.45, 2.75) is 52.2 Å². The molecule has 1 aliphatic carbocycles. The lowest BCUT2D eigenvalue weighted by molar-refractivity contribution is -0.132. The van der Waals surface area contributed by atoms with E-state index < -0.39 is 11.7 Å². The van der Waals surface area contributed by atoms with Crippen LogP contribution in [0.1, 0.15) is 55.5 Å². The zero-order chi connectivity index (χ0) is 22.2. The second kappa shape index (κ2) is 8.22. The maximum atomic E-state index is 13.2. The molecule has 1 atom stereocenters. The van der Waals surface area contributed by atoms with Crippen LogP contribution in [0.15, 0.2) is 54.1 Å². The lowest BCUT2D eigenvalue weighted by atomic mass is 9.88. The number of fused-ring (bicyclic) bond motifs is 2. The van der Waals surface area contributed by atoms with E-state index in [4.69, 9.17) is 4.74 Å². The second-order valence-electron chi connectivity index (χ2n) is 9.34. The SMILES string of the molecule is Cc1ccc(C2C3=C(CCN2C(=O)CNC(=O)OC(C)(C)C)c2ccccc2C3)cc1. The smallest absolute Gasteiger partial charge is 0.408 e. The minimum absolute atomic E-state index is 0.0766. The summed E-state index contributed by atoms with van der Waals surface area (Å²) in [5.41, 5.74) is 6.99. The number of amides is 2. The monoisotopic (exact) mass is 418 g/mol. The molecule has 0 fully saturated rings. The van der Waals surface area contributed by atoms with Gasteiger partial charge in [-0.25, -0.2) is 4.79 Å². The van der Waals surface area contributed by atoms with Crippen LogP contribution in [0.25, 0.3) is 5.57 Å². The van der Waals surface area contributed by atoms with Crippen LogP contribution in [0.5, 0.6) is 0 Å². The first-order valence-corrected chi connectivity index (χ1v) is 10.9. The number of nitrogens with one attached hydrogen (secondary N) is 1. The van der Waals surface area contributed by atoms with Gasteiger partial charge in [-0.05, 0) is 68.4 Å². The molecule has 0 saturated heterocycles. The van der Waals surface area contributed by atoms with Crippen molar-refractivity contribution in [3.63, 3.8) is 0 Å². The van der Waals surface area contributed by atoms with Gasteiger partial charge in [0, 0.05) is 6.54 Å². The number of hydrogen-bond donors (Lipinski definition) is 1. The van der Waals surface area contributed by atoms with Gasteiger partial charge in [0.15, 0.2) is 0 Å². The average Bonchev–Trinajstić information content (AvgIpc) is 3.09. The molecule has 2 aromatic carbocycles. The van der Waals surface area contributed by atoms with Crippen LogP contribution in [0.2, 0.25) is 0 Å². The number of alkyl carbamates (subject to hydrolysis) is 1. The van der Waals surface area contributed by atoms with E-state index in [0.717, 1.165) is 18.4 Å². The Hall–Kier alpha value is -3.08. The molecule has 4 rings (SSSR count). The lowest BCUT2D eigenvalue weighted by Gasteiger charge is -2.38. The van der Waals surface area contributed by atoms with Gasteiger partial charge in [0.1, 0.15) is 12.1 Å². The number of carbonyl (C=O) groups is 2. The highest BCUT2D eigenvalue weighted by Gasteiger charge is 2.37. The van der Waals surface area contributed by atoms with Crippen LogP contribution < -0.4 is 5.32 Å². The van der Waals surface area contributed by atoms with Crippen LogP contribution in [0.3, 0.4) is 0 Å².